The van der Waals surface area contributed by atoms with Gasteiger partial charge in [0.25, 0.3) is 5.91 Å². The Hall–Kier alpha value is -1.85. The van der Waals surface area contributed by atoms with E-state index in [0.717, 1.165) is 19.3 Å². The summed E-state index contributed by atoms with van der Waals surface area (Å²) in [4.78, 5) is 26.7. The topological polar surface area (TPSA) is 75.4 Å². The van der Waals surface area contributed by atoms with Gasteiger partial charge in [-0.3, -0.25) is 9.59 Å². The van der Waals surface area contributed by atoms with Crippen molar-refractivity contribution in [3.8, 4) is 0 Å². The Morgan fingerprint density at radius 2 is 1.96 bits per heavy atom. The van der Waals surface area contributed by atoms with Crippen molar-refractivity contribution in [2.24, 2.45) is 5.92 Å². The highest BCUT2D eigenvalue weighted by Gasteiger charge is 2.25. The van der Waals surface area contributed by atoms with Crippen LogP contribution in [0.3, 0.4) is 0 Å². The fourth-order valence-electron chi connectivity index (χ4n) is 3.83. The Balaban J connectivity index is 2.01. The summed E-state index contributed by atoms with van der Waals surface area (Å²) < 4.78 is 5.33. The minimum atomic E-state index is -0.246. The van der Waals surface area contributed by atoms with Gasteiger partial charge in [0.2, 0.25) is 5.91 Å². The monoisotopic (exact) mass is 363 g/mol. The molecule has 0 spiro atoms. The van der Waals surface area contributed by atoms with Crippen LogP contribution in [0.15, 0.2) is 10.6 Å². The number of hydrogen-bond acceptors (Lipinski definition) is 4. The third-order valence-corrected chi connectivity index (χ3v) is 5.40. The van der Waals surface area contributed by atoms with Crippen molar-refractivity contribution in [2.45, 2.75) is 84.7 Å². The van der Waals surface area contributed by atoms with Crippen LogP contribution < -0.4 is 5.32 Å². The van der Waals surface area contributed by atoms with Crippen LogP contribution in [0.4, 0.5) is 0 Å². The lowest BCUT2D eigenvalue weighted by Gasteiger charge is -2.30. The predicted molar refractivity (Wildman–Crippen MR) is 101 cm³/mol. The predicted octanol–water partition coefficient (Wildman–Crippen LogP) is 3.91. The van der Waals surface area contributed by atoms with Crippen LogP contribution in [0.1, 0.15) is 88.4 Å². The number of hydrogen-bond donors (Lipinski definition) is 1. The lowest BCUT2D eigenvalue weighted by Crippen LogP contribution is -2.39. The van der Waals surface area contributed by atoms with Crippen molar-refractivity contribution < 1.29 is 14.1 Å². The number of amides is 2. The summed E-state index contributed by atoms with van der Waals surface area (Å²) in [5.74, 6) is 1.20. The fraction of sp³-hybridized carbons (Fsp3) is 0.750. The molecule has 1 saturated carbocycles. The molecule has 0 aromatic carbocycles. The smallest absolute Gasteiger partial charge is 0.273 e. The summed E-state index contributed by atoms with van der Waals surface area (Å²) in [5, 5.41) is 6.55. The van der Waals surface area contributed by atoms with Gasteiger partial charge in [0.05, 0.1) is 6.54 Å². The van der Waals surface area contributed by atoms with Crippen molar-refractivity contribution in [1.29, 1.82) is 0 Å². The average molecular weight is 364 g/mol. The van der Waals surface area contributed by atoms with Crippen LogP contribution in [-0.2, 0) is 11.3 Å². The molecule has 0 bridgehead atoms. The summed E-state index contributed by atoms with van der Waals surface area (Å²) in [7, 11) is 0. The summed E-state index contributed by atoms with van der Waals surface area (Å²) >= 11 is 0. The van der Waals surface area contributed by atoms with Gasteiger partial charge < -0.3 is 14.7 Å². The van der Waals surface area contributed by atoms with E-state index in [1.54, 1.807) is 6.07 Å². The molecule has 1 heterocycles. The second-order valence-electron chi connectivity index (χ2n) is 7.22. The van der Waals surface area contributed by atoms with Crippen molar-refractivity contribution in [1.82, 2.24) is 15.4 Å². The second-order valence-corrected chi connectivity index (χ2v) is 7.22. The maximum atomic E-state index is 12.9. The molecule has 0 aliphatic heterocycles. The molecule has 146 valence electrons. The highest BCUT2D eigenvalue weighted by Crippen LogP contribution is 2.29. The first-order valence-electron chi connectivity index (χ1n) is 10.1. The minimum absolute atomic E-state index is 0.182. The van der Waals surface area contributed by atoms with Gasteiger partial charge in [0, 0.05) is 25.1 Å². The van der Waals surface area contributed by atoms with Crippen LogP contribution in [0.25, 0.3) is 0 Å². The third-order valence-electron chi connectivity index (χ3n) is 5.40. The van der Waals surface area contributed by atoms with E-state index in [9.17, 15) is 9.59 Å². The van der Waals surface area contributed by atoms with Crippen molar-refractivity contribution in [3.05, 3.63) is 17.5 Å². The molecule has 1 fully saturated rings. The van der Waals surface area contributed by atoms with E-state index in [4.69, 9.17) is 4.52 Å². The molecular formula is C20H33N3O3. The molecule has 1 N–H and O–H groups in total. The van der Waals surface area contributed by atoms with Crippen molar-refractivity contribution in [2.75, 3.05) is 6.54 Å². The van der Waals surface area contributed by atoms with Crippen LogP contribution in [0.2, 0.25) is 0 Å². The molecule has 2 amide bonds. The van der Waals surface area contributed by atoms with Crippen LogP contribution in [0.5, 0.6) is 0 Å². The first-order chi connectivity index (χ1) is 12.6. The van der Waals surface area contributed by atoms with Gasteiger partial charge in [-0.05, 0) is 32.1 Å². The average Bonchev–Trinajstić information content (AvgIpc) is 3.32. The molecule has 0 saturated heterocycles. The van der Waals surface area contributed by atoms with E-state index in [2.05, 4.69) is 24.3 Å². The van der Waals surface area contributed by atoms with Gasteiger partial charge in [-0.2, -0.15) is 0 Å². The molecule has 2 rings (SSSR count). The molecule has 0 atom stereocenters. The minimum Gasteiger partial charge on any atom is -0.359 e. The number of carbonyl (C=O) groups excluding carboxylic acids is 2. The van der Waals surface area contributed by atoms with Gasteiger partial charge in [0.15, 0.2) is 11.5 Å². The lowest BCUT2D eigenvalue weighted by molar-refractivity contribution is -0.135. The number of rotatable bonds is 10. The summed E-state index contributed by atoms with van der Waals surface area (Å²) in [5.41, 5.74) is 0.268. The standard InChI is InChI=1S/C20H33N3O3/c1-4-16(5-2)23(19(24)12-11-15-9-7-8-10-15)14-17-13-18(22-26-17)20(25)21-6-3/h13,15-16H,4-12,14H2,1-3H3,(H,21,25). The van der Waals surface area contributed by atoms with Gasteiger partial charge in [-0.1, -0.05) is 44.7 Å². The molecule has 0 unspecified atom stereocenters. The second kappa shape index (κ2) is 10.3. The largest absolute Gasteiger partial charge is 0.359 e. The van der Waals surface area contributed by atoms with E-state index < -0.39 is 0 Å². The first-order valence-corrected chi connectivity index (χ1v) is 10.1. The molecule has 6 nitrogen and oxygen atoms in total. The van der Waals surface area contributed by atoms with Gasteiger partial charge in [-0.15, -0.1) is 0 Å². The Morgan fingerprint density at radius 1 is 1.27 bits per heavy atom. The SMILES string of the molecule is CCNC(=O)c1cc(CN(C(=O)CCC2CCCC2)C(CC)CC)on1. The maximum absolute atomic E-state index is 12.9. The van der Waals surface area contributed by atoms with Gasteiger partial charge in [0.1, 0.15) is 0 Å². The Kier molecular flexibility index (Phi) is 8.13. The van der Waals surface area contributed by atoms with Gasteiger partial charge >= 0.3 is 0 Å². The number of nitrogens with zero attached hydrogens (tertiary/aromatic N) is 2. The molecular weight excluding hydrogens is 330 g/mol. The third kappa shape index (κ3) is 5.58. The molecule has 1 aliphatic carbocycles. The summed E-state index contributed by atoms with van der Waals surface area (Å²) in [6, 6.07) is 1.83. The summed E-state index contributed by atoms with van der Waals surface area (Å²) in [6.45, 7) is 6.98. The van der Waals surface area contributed by atoms with E-state index in [1.165, 1.54) is 25.7 Å². The van der Waals surface area contributed by atoms with E-state index in [1.807, 2.05) is 11.8 Å². The van der Waals surface area contributed by atoms with E-state index in [0.29, 0.717) is 31.2 Å². The highest BCUT2D eigenvalue weighted by atomic mass is 16.5. The van der Waals surface area contributed by atoms with Crippen LogP contribution >= 0.6 is 0 Å². The molecule has 0 radical (unpaired) electrons. The zero-order chi connectivity index (χ0) is 18.9. The molecule has 1 aromatic heterocycles. The fourth-order valence-corrected chi connectivity index (χ4v) is 3.83. The summed E-state index contributed by atoms with van der Waals surface area (Å²) in [6.07, 6.45) is 8.51. The quantitative estimate of drug-likeness (QED) is 0.684. The molecule has 26 heavy (non-hydrogen) atoms. The lowest BCUT2D eigenvalue weighted by atomic mass is 10.0. The van der Waals surface area contributed by atoms with Gasteiger partial charge in [-0.25, -0.2) is 0 Å². The normalized spacial score (nSPS) is 14.8. The Bertz CT molecular complexity index is 575. The van der Waals surface area contributed by atoms with E-state index >= 15 is 0 Å². The highest BCUT2D eigenvalue weighted by molar-refractivity contribution is 5.92. The van der Waals surface area contributed by atoms with Crippen LogP contribution in [0, 0.1) is 5.92 Å². The number of nitrogens with one attached hydrogen (secondary N) is 1. The Labute approximate surface area is 156 Å². The van der Waals surface area contributed by atoms with Crippen molar-refractivity contribution in [3.63, 3.8) is 0 Å². The Morgan fingerprint density at radius 3 is 2.58 bits per heavy atom. The van der Waals surface area contributed by atoms with Crippen LogP contribution in [-0.4, -0.2) is 34.5 Å². The van der Waals surface area contributed by atoms with E-state index in [-0.39, 0.29) is 23.6 Å². The first kappa shape index (κ1) is 20.5. The van der Waals surface area contributed by atoms with Crippen molar-refractivity contribution >= 4 is 11.8 Å². The number of aromatic nitrogens is 1. The molecule has 6 heteroatoms. The molecule has 1 aliphatic rings. The zero-order valence-corrected chi connectivity index (χ0v) is 16.4. The number of carbonyl (C=O) groups is 2. The maximum Gasteiger partial charge on any atom is 0.273 e. The zero-order valence-electron chi connectivity index (χ0n) is 16.4. The molecule has 1 aromatic rings.